The molecular weight excluding hydrogens is 232 g/mol. The van der Waals surface area contributed by atoms with Crippen LogP contribution >= 0.6 is 0 Å². The molecule has 1 N–H and O–H groups in total. The molecule has 3 atom stereocenters. The molecule has 1 aliphatic heterocycles. The van der Waals surface area contributed by atoms with Crippen LogP contribution in [0, 0.1) is 0 Å². The SMILES string of the molecule is CCC1CCN(CCS(=O)CC)CCC(C)N1. The van der Waals surface area contributed by atoms with Crippen molar-refractivity contribution >= 4 is 10.8 Å². The molecule has 4 heteroatoms. The topological polar surface area (TPSA) is 32.3 Å². The summed E-state index contributed by atoms with van der Waals surface area (Å²) in [5, 5.41) is 3.68. The zero-order chi connectivity index (χ0) is 12.7. The molecule has 0 aromatic carbocycles. The van der Waals surface area contributed by atoms with Crippen molar-refractivity contribution in [3.8, 4) is 0 Å². The maximum atomic E-state index is 11.5. The second kappa shape index (κ2) is 8.22. The van der Waals surface area contributed by atoms with Gasteiger partial charge in [0.1, 0.15) is 0 Å². The first-order chi connectivity index (χ1) is 8.15. The maximum Gasteiger partial charge on any atom is 0.0362 e. The minimum absolute atomic E-state index is 0.611. The molecule has 1 heterocycles. The Morgan fingerprint density at radius 3 is 2.65 bits per heavy atom. The van der Waals surface area contributed by atoms with Crippen molar-refractivity contribution in [2.24, 2.45) is 0 Å². The highest BCUT2D eigenvalue weighted by molar-refractivity contribution is 7.84. The molecule has 102 valence electrons. The summed E-state index contributed by atoms with van der Waals surface area (Å²) in [5.74, 6) is 1.64. The zero-order valence-corrected chi connectivity index (χ0v) is 12.4. The average Bonchev–Trinajstić information content (AvgIpc) is 2.32. The molecule has 0 aromatic rings. The van der Waals surface area contributed by atoms with Crippen LogP contribution in [0.4, 0.5) is 0 Å². The number of hydrogen-bond donors (Lipinski definition) is 1. The van der Waals surface area contributed by atoms with Crippen LogP contribution in [-0.4, -0.2) is 52.3 Å². The van der Waals surface area contributed by atoms with Crippen LogP contribution in [0.25, 0.3) is 0 Å². The molecule has 3 unspecified atom stereocenters. The van der Waals surface area contributed by atoms with Gasteiger partial charge in [0.15, 0.2) is 0 Å². The van der Waals surface area contributed by atoms with E-state index in [1.165, 1.54) is 19.3 Å². The summed E-state index contributed by atoms with van der Waals surface area (Å²) in [5.41, 5.74) is 0. The summed E-state index contributed by atoms with van der Waals surface area (Å²) in [7, 11) is -0.615. The van der Waals surface area contributed by atoms with Gasteiger partial charge in [-0.25, -0.2) is 0 Å². The smallest absolute Gasteiger partial charge is 0.0362 e. The highest BCUT2D eigenvalue weighted by atomic mass is 32.2. The van der Waals surface area contributed by atoms with Crippen molar-refractivity contribution in [1.82, 2.24) is 10.2 Å². The molecule has 1 rings (SSSR count). The summed E-state index contributed by atoms with van der Waals surface area (Å²) in [6, 6.07) is 1.27. The lowest BCUT2D eigenvalue weighted by molar-refractivity contribution is 0.222. The van der Waals surface area contributed by atoms with E-state index in [-0.39, 0.29) is 0 Å². The first kappa shape index (κ1) is 15.1. The fourth-order valence-corrected chi connectivity index (χ4v) is 3.07. The van der Waals surface area contributed by atoms with Crippen LogP contribution < -0.4 is 5.32 Å². The van der Waals surface area contributed by atoms with E-state index in [0.29, 0.717) is 12.1 Å². The lowest BCUT2D eigenvalue weighted by atomic mass is 10.1. The van der Waals surface area contributed by atoms with Crippen LogP contribution in [0.5, 0.6) is 0 Å². The summed E-state index contributed by atoms with van der Waals surface area (Å²) in [4.78, 5) is 2.49. The zero-order valence-electron chi connectivity index (χ0n) is 11.6. The highest BCUT2D eigenvalue weighted by Gasteiger charge is 2.17. The van der Waals surface area contributed by atoms with Crippen molar-refractivity contribution in [2.45, 2.75) is 52.1 Å². The fourth-order valence-electron chi connectivity index (χ4n) is 2.32. The van der Waals surface area contributed by atoms with E-state index in [9.17, 15) is 4.21 Å². The summed E-state index contributed by atoms with van der Waals surface area (Å²) >= 11 is 0. The normalized spacial score (nSPS) is 29.6. The van der Waals surface area contributed by atoms with Gasteiger partial charge in [0, 0.05) is 40.9 Å². The average molecular weight is 260 g/mol. The Labute approximate surface area is 109 Å². The van der Waals surface area contributed by atoms with Crippen molar-refractivity contribution in [3.05, 3.63) is 0 Å². The number of nitrogens with one attached hydrogen (secondary N) is 1. The second-order valence-electron chi connectivity index (χ2n) is 5.02. The summed E-state index contributed by atoms with van der Waals surface area (Å²) < 4.78 is 11.5. The van der Waals surface area contributed by atoms with Gasteiger partial charge in [0.2, 0.25) is 0 Å². The standard InChI is InChI=1S/C13H28N2OS/c1-4-13-7-9-15(8-6-12(3)14-13)10-11-17(16)5-2/h12-14H,4-11H2,1-3H3. The molecular formula is C13H28N2OS. The van der Waals surface area contributed by atoms with Gasteiger partial charge < -0.3 is 10.2 Å². The van der Waals surface area contributed by atoms with Crippen LogP contribution in [0.1, 0.15) is 40.0 Å². The molecule has 0 aromatic heterocycles. The molecule has 3 nitrogen and oxygen atoms in total. The van der Waals surface area contributed by atoms with Crippen molar-refractivity contribution in [1.29, 1.82) is 0 Å². The van der Waals surface area contributed by atoms with Crippen LogP contribution in [0.2, 0.25) is 0 Å². The predicted molar refractivity (Wildman–Crippen MR) is 75.9 cm³/mol. The van der Waals surface area contributed by atoms with Crippen LogP contribution in [0.3, 0.4) is 0 Å². The quantitative estimate of drug-likeness (QED) is 0.815. The molecule has 0 radical (unpaired) electrons. The van der Waals surface area contributed by atoms with Gasteiger partial charge in [0.05, 0.1) is 0 Å². The molecule has 1 fully saturated rings. The molecule has 17 heavy (non-hydrogen) atoms. The third-order valence-corrected chi connectivity index (χ3v) is 4.92. The molecule has 1 saturated heterocycles. The number of rotatable bonds is 5. The minimum Gasteiger partial charge on any atom is -0.311 e. The van der Waals surface area contributed by atoms with E-state index in [2.05, 4.69) is 24.1 Å². The first-order valence-corrected chi connectivity index (χ1v) is 8.47. The minimum atomic E-state index is -0.615. The van der Waals surface area contributed by atoms with Gasteiger partial charge in [-0.3, -0.25) is 4.21 Å². The van der Waals surface area contributed by atoms with E-state index in [1.54, 1.807) is 0 Å². The third kappa shape index (κ3) is 5.98. The lowest BCUT2D eigenvalue weighted by Crippen LogP contribution is -2.44. The monoisotopic (exact) mass is 260 g/mol. The molecule has 1 aliphatic rings. The van der Waals surface area contributed by atoms with Crippen molar-refractivity contribution in [3.63, 3.8) is 0 Å². The van der Waals surface area contributed by atoms with E-state index in [0.717, 1.165) is 31.1 Å². The van der Waals surface area contributed by atoms with Gasteiger partial charge in [-0.05, 0) is 39.3 Å². The Bertz CT molecular complexity index is 235. The van der Waals surface area contributed by atoms with Gasteiger partial charge >= 0.3 is 0 Å². The molecule has 0 aliphatic carbocycles. The highest BCUT2D eigenvalue weighted by Crippen LogP contribution is 2.09. The van der Waals surface area contributed by atoms with Gasteiger partial charge in [-0.15, -0.1) is 0 Å². The first-order valence-electron chi connectivity index (χ1n) is 6.99. The van der Waals surface area contributed by atoms with Gasteiger partial charge in [-0.2, -0.15) is 0 Å². The number of hydrogen-bond acceptors (Lipinski definition) is 3. The van der Waals surface area contributed by atoms with Crippen LogP contribution in [0.15, 0.2) is 0 Å². The van der Waals surface area contributed by atoms with E-state index in [4.69, 9.17) is 0 Å². The van der Waals surface area contributed by atoms with Gasteiger partial charge in [0.25, 0.3) is 0 Å². The van der Waals surface area contributed by atoms with E-state index < -0.39 is 10.8 Å². The fraction of sp³-hybridized carbons (Fsp3) is 1.00. The molecule has 0 bridgehead atoms. The van der Waals surface area contributed by atoms with Crippen molar-refractivity contribution < 1.29 is 4.21 Å². The third-order valence-electron chi connectivity index (χ3n) is 3.64. The molecule has 0 saturated carbocycles. The Kier molecular flexibility index (Phi) is 7.32. The van der Waals surface area contributed by atoms with E-state index >= 15 is 0 Å². The Balaban J connectivity index is 2.36. The lowest BCUT2D eigenvalue weighted by Gasteiger charge is -2.31. The summed E-state index contributed by atoms with van der Waals surface area (Å²) in [6.45, 7) is 9.83. The summed E-state index contributed by atoms with van der Waals surface area (Å²) in [6.07, 6.45) is 3.63. The van der Waals surface area contributed by atoms with Gasteiger partial charge in [-0.1, -0.05) is 13.8 Å². The predicted octanol–water partition coefficient (Wildman–Crippen LogP) is 1.61. The maximum absolute atomic E-state index is 11.5. The Hall–Kier alpha value is 0.0700. The molecule has 0 amide bonds. The van der Waals surface area contributed by atoms with Crippen LogP contribution in [-0.2, 0) is 10.8 Å². The number of nitrogens with zero attached hydrogens (tertiary/aromatic N) is 1. The molecule has 0 spiro atoms. The Morgan fingerprint density at radius 1 is 1.29 bits per heavy atom. The second-order valence-corrected chi connectivity index (χ2v) is 6.89. The Morgan fingerprint density at radius 2 is 2.00 bits per heavy atom. The van der Waals surface area contributed by atoms with Crippen molar-refractivity contribution in [2.75, 3.05) is 31.1 Å². The largest absolute Gasteiger partial charge is 0.311 e. The van der Waals surface area contributed by atoms with E-state index in [1.807, 2.05) is 6.92 Å².